The average Bonchev–Trinajstić information content (AvgIpc) is 2.19. The van der Waals surface area contributed by atoms with E-state index >= 15 is 0 Å². The van der Waals surface area contributed by atoms with E-state index in [1.165, 1.54) is 5.56 Å². The molecule has 0 aliphatic heterocycles. The summed E-state index contributed by atoms with van der Waals surface area (Å²) < 4.78 is 5.25. The second kappa shape index (κ2) is 5.70. The molecule has 0 aromatic carbocycles. The molecule has 0 aliphatic carbocycles. The van der Waals surface area contributed by atoms with Crippen LogP contribution in [-0.2, 0) is 17.6 Å². The summed E-state index contributed by atoms with van der Waals surface area (Å²) in [5.41, 5.74) is 2.41. The largest absolute Gasteiger partial charge is 0.381 e. The van der Waals surface area contributed by atoms with E-state index in [-0.39, 0.29) is 0 Å². The summed E-state index contributed by atoms with van der Waals surface area (Å²) in [6.45, 7) is 5.70. The number of ether oxygens (including phenoxy) is 1. The zero-order valence-electron chi connectivity index (χ0n) is 8.42. The number of aromatic nitrogens is 1. The van der Waals surface area contributed by atoms with E-state index in [4.69, 9.17) is 4.74 Å². The maximum atomic E-state index is 5.25. The van der Waals surface area contributed by atoms with Crippen LogP contribution in [0.3, 0.4) is 0 Å². The van der Waals surface area contributed by atoms with Crippen LogP contribution in [0, 0.1) is 0 Å². The highest BCUT2D eigenvalue weighted by atomic mass is 16.5. The first-order chi connectivity index (χ1) is 6.36. The summed E-state index contributed by atoms with van der Waals surface area (Å²) in [5, 5.41) is 0. The molecule has 0 amide bonds. The quantitative estimate of drug-likeness (QED) is 0.647. The molecule has 0 radical (unpaired) electrons. The molecular weight excluding hydrogens is 162 g/mol. The van der Waals surface area contributed by atoms with Crippen LogP contribution in [0.25, 0.3) is 0 Å². The number of rotatable bonds is 5. The fraction of sp³-hybridized carbons (Fsp3) is 0.545. The fourth-order valence-corrected chi connectivity index (χ4v) is 1.13. The normalized spacial score (nSPS) is 10.3. The van der Waals surface area contributed by atoms with Crippen LogP contribution in [0.1, 0.15) is 25.1 Å². The molecule has 2 nitrogen and oxygen atoms in total. The van der Waals surface area contributed by atoms with E-state index in [0.29, 0.717) is 0 Å². The minimum absolute atomic E-state index is 0.773. The van der Waals surface area contributed by atoms with E-state index in [0.717, 1.165) is 31.7 Å². The highest BCUT2D eigenvalue weighted by Crippen LogP contribution is 2.01. The summed E-state index contributed by atoms with van der Waals surface area (Å²) in [7, 11) is 0. The minimum Gasteiger partial charge on any atom is -0.381 e. The smallest absolute Gasteiger partial charge is 0.0521 e. The maximum absolute atomic E-state index is 5.25. The molecule has 13 heavy (non-hydrogen) atoms. The van der Waals surface area contributed by atoms with Crippen LogP contribution < -0.4 is 0 Å². The number of hydrogen-bond donors (Lipinski definition) is 0. The molecule has 1 rings (SSSR count). The Labute approximate surface area is 80.0 Å². The molecule has 0 N–H and O–H groups in total. The molecule has 0 unspecified atom stereocenters. The van der Waals surface area contributed by atoms with Gasteiger partial charge in [0.25, 0.3) is 0 Å². The molecule has 0 fully saturated rings. The van der Waals surface area contributed by atoms with Crippen LogP contribution in [0.2, 0.25) is 0 Å². The van der Waals surface area contributed by atoms with Gasteiger partial charge in [-0.2, -0.15) is 0 Å². The van der Waals surface area contributed by atoms with E-state index in [9.17, 15) is 0 Å². The Hall–Kier alpha value is -0.890. The Balaban J connectivity index is 2.40. The van der Waals surface area contributed by atoms with Crippen molar-refractivity contribution in [2.75, 3.05) is 13.2 Å². The Morgan fingerprint density at radius 3 is 2.69 bits per heavy atom. The van der Waals surface area contributed by atoms with Gasteiger partial charge in [-0.15, -0.1) is 0 Å². The van der Waals surface area contributed by atoms with Crippen LogP contribution >= 0.6 is 0 Å². The first kappa shape index (κ1) is 10.2. The second-order valence-electron chi connectivity index (χ2n) is 2.96. The topological polar surface area (TPSA) is 22.1 Å². The molecule has 0 saturated carbocycles. The summed E-state index contributed by atoms with van der Waals surface area (Å²) in [4.78, 5) is 4.34. The number of pyridine rings is 1. The lowest BCUT2D eigenvalue weighted by Gasteiger charge is -2.01. The van der Waals surface area contributed by atoms with Gasteiger partial charge in [-0.25, -0.2) is 0 Å². The van der Waals surface area contributed by atoms with Crippen molar-refractivity contribution in [3.63, 3.8) is 0 Å². The standard InChI is InChI=1S/C11H17NO/c1-3-10-5-6-11(12-9-10)7-8-13-4-2/h5-6,9H,3-4,7-8H2,1-2H3. The molecule has 1 heterocycles. The van der Waals surface area contributed by atoms with Gasteiger partial charge in [0.05, 0.1) is 6.61 Å². The minimum atomic E-state index is 0.773. The number of nitrogens with zero attached hydrogens (tertiary/aromatic N) is 1. The lowest BCUT2D eigenvalue weighted by atomic mass is 10.2. The number of hydrogen-bond acceptors (Lipinski definition) is 2. The zero-order chi connectivity index (χ0) is 9.52. The van der Waals surface area contributed by atoms with Gasteiger partial charge in [-0.3, -0.25) is 4.98 Å². The van der Waals surface area contributed by atoms with E-state index in [1.807, 2.05) is 13.1 Å². The SMILES string of the molecule is CCOCCc1ccc(CC)cn1. The third-order valence-electron chi connectivity index (χ3n) is 2.00. The summed E-state index contributed by atoms with van der Waals surface area (Å²) in [6, 6.07) is 4.21. The summed E-state index contributed by atoms with van der Waals surface area (Å²) in [5.74, 6) is 0. The van der Waals surface area contributed by atoms with Crippen LogP contribution in [-0.4, -0.2) is 18.2 Å². The highest BCUT2D eigenvalue weighted by molar-refractivity contribution is 5.13. The maximum Gasteiger partial charge on any atom is 0.0521 e. The van der Waals surface area contributed by atoms with Gasteiger partial charge >= 0.3 is 0 Å². The average molecular weight is 179 g/mol. The molecule has 0 spiro atoms. The molecule has 2 heteroatoms. The van der Waals surface area contributed by atoms with Gasteiger partial charge in [0.1, 0.15) is 0 Å². The van der Waals surface area contributed by atoms with Gasteiger partial charge in [0.2, 0.25) is 0 Å². The molecule has 72 valence electrons. The molecule has 1 aromatic heterocycles. The monoisotopic (exact) mass is 179 g/mol. The summed E-state index contributed by atoms with van der Waals surface area (Å²) in [6.07, 6.45) is 3.91. The predicted octanol–water partition coefficient (Wildman–Crippen LogP) is 2.22. The van der Waals surface area contributed by atoms with Crippen LogP contribution in [0.4, 0.5) is 0 Å². The van der Waals surface area contributed by atoms with E-state index in [2.05, 4.69) is 24.0 Å². The molecule has 0 aliphatic rings. The van der Waals surface area contributed by atoms with Gasteiger partial charge in [-0.05, 0) is 25.0 Å². The van der Waals surface area contributed by atoms with Crippen molar-refractivity contribution >= 4 is 0 Å². The van der Waals surface area contributed by atoms with E-state index < -0.39 is 0 Å². The van der Waals surface area contributed by atoms with Crippen molar-refractivity contribution in [3.8, 4) is 0 Å². The van der Waals surface area contributed by atoms with Crippen LogP contribution in [0.15, 0.2) is 18.3 Å². The van der Waals surface area contributed by atoms with Crippen molar-refractivity contribution in [1.82, 2.24) is 4.98 Å². The third kappa shape index (κ3) is 3.55. The van der Waals surface area contributed by atoms with Gasteiger partial charge in [0, 0.05) is 24.9 Å². The first-order valence-electron chi connectivity index (χ1n) is 4.88. The Morgan fingerprint density at radius 2 is 2.15 bits per heavy atom. The molecule has 0 atom stereocenters. The van der Waals surface area contributed by atoms with E-state index in [1.54, 1.807) is 0 Å². The fourth-order valence-electron chi connectivity index (χ4n) is 1.13. The molecule has 0 saturated heterocycles. The predicted molar refractivity (Wildman–Crippen MR) is 53.8 cm³/mol. The molecule has 1 aromatic rings. The van der Waals surface area contributed by atoms with Crippen molar-refractivity contribution in [2.45, 2.75) is 26.7 Å². The van der Waals surface area contributed by atoms with Crippen LogP contribution in [0.5, 0.6) is 0 Å². The Bertz CT molecular complexity index is 230. The van der Waals surface area contributed by atoms with Crippen molar-refractivity contribution in [1.29, 1.82) is 0 Å². The lowest BCUT2D eigenvalue weighted by molar-refractivity contribution is 0.150. The zero-order valence-corrected chi connectivity index (χ0v) is 8.42. The molecular formula is C11H17NO. The van der Waals surface area contributed by atoms with Crippen molar-refractivity contribution in [2.24, 2.45) is 0 Å². The highest BCUT2D eigenvalue weighted by Gasteiger charge is 1.94. The van der Waals surface area contributed by atoms with Gasteiger partial charge in [-0.1, -0.05) is 13.0 Å². The third-order valence-corrected chi connectivity index (χ3v) is 2.00. The van der Waals surface area contributed by atoms with Crippen molar-refractivity contribution < 1.29 is 4.74 Å². The van der Waals surface area contributed by atoms with Gasteiger partial charge < -0.3 is 4.74 Å². The molecule has 0 bridgehead atoms. The first-order valence-corrected chi connectivity index (χ1v) is 4.88. The lowest BCUT2D eigenvalue weighted by Crippen LogP contribution is -1.99. The summed E-state index contributed by atoms with van der Waals surface area (Å²) >= 11 is 0. The van der Waals surface area contributed by atoms with Gasteiger partial charge in [0.15, 0.2) is 0 Å². The number of aryl methyl sites for hydroxylation is 1. The Morgan fingerprint density at radius 1 is 1.31 bits per heavy atom. The second-order valence-corrected chi connectivity index (χ2v) is 2.96. The Kier molecular flexibility index (Phi) is 4.47. The van der Waals surface area contributed by atoms with Crippen molar-refractivity contribution in [3.05, 3.63) is 29.6 Å².